The third-order valence-corrected chi connectivity index (χ3v) is 5.07. The highest BCUT2D eigenvalue weighted by Gasteiger charge is 2.21. The number of nitrogens with two attached hydrogens (primary N) is 1. The molecule has 0 radical (unpaired) electrons. The number of anilines is 1. The van der Waals surface area contributed by atoms with Gasteiger partial charge in [-0.1, -0.05) is 12.1 Å². The number of nitrogens with zero attached hydrogens (tertiary/aromatic N) is 3. The van der Waals surface area contributed by atoms with Gasteiger partial charge in [0.1, 0.15) is 5.69 Å². The summed E-state index contributed by atoms with van der Waals surface area (Å²) < 4.78 is 0. The molecule has 0 unspecified atom stereocenters. The molecule has 0 bridgehead atoms. The van der Waals surface area contributed by atoms with Crippen LogP contribution in [-0.4, -0.2) is 28.8 Å². The number of hydrogen-bond acceptors (Lipinski definition) is 4. The largest absolute Gasteiger partial charge is 0.364 e. The number of primary amides is 1. The maximum absolute atomic E-state index is 11.9. The molecule has 28 heavy (non-hydrogen) atoms. The number of carbonyl (C=O) groups is 2. The molecule has 0 saturated heterocycles. The first-order valence-electron chi connectivity index (χ1n) is 9.10. The van der Waals surface area contributed by atoms with Crippen LogP contribution in [0.1, 0.15) is 33.6 Å². The Morgan fingerprint density at radius 3 is 2.82 bits per heavy atom. The van der Waals surface area contributed by atoms with Crippen LogP contribution in [0.2, 0.25) is 0 Å². The summed E-state index contributed by atoms with van der Waals surface area (Å²) in [6.45, 7) is 0. The van der Waals surface area contributed by atoms with Gasteiger partial charge < -0.3 is 10.6 Å². The van der Waals surface area contributed by atoms with Gasteiger partial charge in [-0.2, -0.15) is 0 Å². The van der Waals surface area contributed by atoms with Gasteiger partial charge in [-0.15, -0.1) is 0 Å². The normalized spacial score (nSPS) is 13.3. The van der Waals surface area contributed by atoms with Gasteiger partial charge in [0, 0.05) is 49.7 Å². The topological polar surface area (TPSA) is 89.2 Å². The Morgan fingerprint density at radius 1 is 1.14 bits per heavy atom. The number of benzene rings is 1. The van der Waals surface area contributed by atoms with Crippen LogP contribution in [-0.2, 0) is 17.6 Å². The maximum Gasteiger partial charge on any atom is 0.267 e. The average Bonchev–Trinajstić information content (AvgIpc) is 2.71. The molecule has 3 aromatic rings. The van der Waals surface area contributed by atoms with Crippen LogP contribution in [0.3, 0.4) is 0 Å². The van der Waals surface area contributed by atoms with Crippen molar-refractivity contribution in [1.29, 1.82) is 0 Å². The first kappa shape index (κ1) is 17.9. The van der Waals surface area contributed by atoms with E-state index in [4.69, 9.17) is 5.73 Å². The molecule has 1 aromatic carbocycles. The molecule has 0 spiro atoms. The standard InChI is InChI=1S/C22H20N4O2/c1-26-19-6-4-15(11-16(19)5-7-20(26)27)18-10-14(12-24-13-18)9-17-3-2-8-25-21(17)22(23)28/h2-4,6,8,10-13H,5,7,9H2,1H3,(H2,23,28). The van der Waals surface area contributed by atoms with Crippen molar-refractivity contribution in [2.75, 3.05) is 11.9 Å². The Balaban J connectivity index is 1.65. The molecular weight excluding hydrogens is 352 g/mol. The molecule has 0 fully saturated rings. The molecule has 2 aromatic heterocycles. The monoisotopic (exact) mass is 372 g/mol. The molecule has 6 nitrogen and oxygen atoms in total. The number of pyridine rings is 2. The predicted molar refractivity (Wildman–Crippen MR) is 107 cm³/mol. The minimum atomic E-state index is -0.534. The summed E-state index contributed by atoms with van der Waals surface area (Å²) in [5, 5.41) is 0. The van der Waals surface area contributed by atoms with E-state index in [0.29, 0.717) is 12.8 Å². The number of aromatic nitrogens is 2. The molecule has 1 aliphatic rings. The second-order valence-corrected chi connectivity index (χ2v) is 6.93. The van der Waals surface area contributed by atoms with Crippen molar-refractivity contribution in [3.63, 3.8) is 0 Å². The van der Waals surface area contributed by atoms with Gasteiger partial charge in [0.05, 0.1) is 0 Å². The van der Waals surface area contributed by atoms with Crippen LogP contribution in [0.15, 0.2) is 55.0 Å². The van der Waals surface area contributed by atoms with Crippen LogP contribution in [0.5, 0.6) is 0 Å². The Kier molecular flexibility index (Phi) is 4.61. The van der Waals surface area contributed by atoms with E-state index in [0.717, 1.165) is 39.9 Å². The number of fused-ring (bicyclic) bond motifs is 1. The first-order valence-corrected chi connectivity index (χ1v) is 9.10. The fourth-order valence-electron chi connectivity index (χ4n) is 3.60. The lowest BCUT2D eigenvalue weighted by Crippen LogP contribution is -2.30. The van der Waals surface area contributed by atoms with E-state index in [9.17, 15) is 9.59 Å². The average molecular weight is 372 g/mol. The number of rotatable bonds is 4. The summed E-state index contributed by atoms with van der Waals surface area (Å²) in [6, 6.07) is 11.8. The number of carbonyl (C=O) groups excluding carboxylic acids is 2. The highest BCUT2D eigenvalue weighted by molar-refractivity contribution is 5.96. The minimum Gasteiger partial charge on any atom is -0.364 e. The van der Waals surface area contributed by atoms with Gasteiger partial charge in [0.2, 0.25) is 5.91 Å². The van der Waals surface area contributed by atoms with E-state index >= 15 is 0 Å². The molecule has 2 N–H and O–H groups in total. The van der Waals surface area contributed by atoms with Crippen LogP contribution in [0.4, 0.5) is 5.69 Å². The first-order chi connectivity index (χ1) is 13.5. The molecule has 0 atom stereocenters. The molecular formula is C22H20N4O2. The van der Waals surface area contributed by atoms with Crippen molar-refractivity contribution >= 4 is 17.5 Å². The smallest absolute Gasteiger partial charge is 0.267 e. The molecule has 3 heterocycles. The molecule has 4 rings (SSSR count). The Morgan fingerprint density at radius 2 is 2.00 bits per heavy atom. The Labute approximate surface area is 163 Å². The zero-order chi connectivity index (χ0) is 19.7. The molecule has 1 aliphatic heterocycles. The van der Waals surface area contributed by atoms with Crippen molar-refractivity contribution in [3.05, 3.63) is 77.4 Å². The van der Waals surface area contributed by atoms with Crippen molar-refractivity contribution in [2.45, 2.75) is 19.3 Å². The van der Waals surface area contributed by atoms with E-state index in [-0.39, 0.29) is 11.6 Å². The van der Waals surface area contributed by atoms with Gasteiger partial charge in [0.25, 0.3) is 5.91 Å². The summed E-state index contributed by atoms with van der Waals surface area (Å²) in [7, 11) is 1.81. The van der Waals surface area contributed by atoms with Gasteiger partial charge in [-0.05, 0) is 52.9 Å². The summed E-state index contributed by atoms with van der Waals surface area (Å²) >= 11 is 0. The van der Waals surface area contributed by atoms with Gasteiger partial charge in [-0.3, -0.25) is 19.6 Å². The van der Waals surface area contributed by atoms with Crippen molar-refractivity contribution in [3.8, 4) is 11.1 Å². The van der Waals surface area contributed by atoms with Crippen molar-refractivity contribution in [2.24, 2.45) is 5.73 Å². The zero-order valence-corrected chi connectivity index (χ0v) is 15.6. The van der Waals surface area contributed by atoms with Gasteiger partial charge in [0.15, 0.2) is 0 Å². The Hall–Kier alpha value is -3.54. The lowest BCUT2D eigenvalue weighted by molar-refractivity contribution is -0.118. The number of aryl methyl sites for hydroxylation is 1. The molecule has 0 saturated carbocycles. The maximum atomic E-state index is 11.9. The summed E-state index contributed by atoms with van der Waals surface area (Å²) in [5.74, 6) is -0.390. The third kappa shape index (κ3) is 3.36. The van der Waals surface area contributed by atoms with E-state index in [1.165, 1.54) is 0 Å². The van der Waals surface area contributed by atoms with Crippen molar-refractivity contribution in [1.82, 2.24) is 9.97 Å². The van der Waals surface area contributed by atoms with E-state index in [1.807, 2.05) is 31.4 Å². The zero-order valence-electron chi connectivity index (χ0n) is 15.6. The van der Waals surface area contributed by atoms with Gasteiger partial charge in [-0.25, -0.2) is 0 Å². The predicted octanol–water partition coefficient (Wildman–Crippen LogP) is 2.74. The van der Waals surface area contributed by atoms with Crippen LogP contribution < -0.4 is 10.6 Å². The third-order valence-electron chi connectivity index (χ3n) is 5.07. The van der Waals surface area contributed by atoms with Gasteiger partial charge >= 0.3 is 0 Å². The highest BCUT2D eigenvalue weighted by Crippen LogP contribution is 2.31. The quantitative estimate of drug-likeness (QED) is 0.763. The fourth-order valence-corrected chi connectivity index (χ4v) is 3.60. The molecule has 140 valence electrons. The molecule has 2 amide bonds. The summed E-state index contributed by atoms with van der Waals surface area (Å²) in [6.07, 6.45) is 6.97. The number of amides is 2. The fraction of sp³-hybridized carbons (Fsp3) is 0.182. The van der Waals surface area contributed by atoms with Crippen LogP contribution in [0, 0.1) is 0 Å². The number of hydrogen-bond donors (Lipinski definition) is 1. The lowest BCUT2D eigenvalue weighted by atomic mass is 9.95. The highest BCUT2D eigenvalue weighted by atomic mass is 16.2. The summed E-state index contributed by atoms with van der Waals surface area (Å²) in [4.78, 5) is 33.7. The SMILES string of the molecule is CN1C(=O)CCc2cc(-c3cncc(Cc4cccnc4C(N)=O)c3)ccc21. The summed E-state index contributed by atoms with van der Waals surface area (Å²) in [5.41, 5.74) is 11.6. The van der Waals surface area contributed by atoms with Crippen LogP contribution in [0.25, 0.3) is 11.1 Å². The van der Waals surface area contributed by atoms with E-state index in [1.54, 1.807) is 23.4 Å². The van der Waals surface area contributed by atoms with E-state index < -0.39 is 5.91 Å². The van der Waals surface area contributed by atoms with E-state index in [2.05, 4.69) is 22.1 Å². The van der Waals surface area contributed by atoms with Crippen molar-refractivity contribution < 1.29 is 9.59 Å². The second-order valence-electron chi connectivity index (χ2n) is 6.93. The molecule has 0 aliphatic carbocycles. The van der Waals surface area contributed by atoms with Crippen LogP contribution >= 0.6 is 0 Å². The lowest BCUT2D eigenvalue weighted by Gasteiger charge is -2.26. The second kappa shape index (κ2) is 7.23. The minimum absolute atomic E-state index is 0.144. The molecule has 6 heteroatoms. The Bertz CT molecular complexity index is 1080.